The smallest absolute Gasteiger partial charge is 0.204 e. The van der Waals surface area contributed by atoms with Crippen molar-refractivity contribution in [2.24, 2.45) is 0 Å². The van der Waals surface area contributed by atoms with Gasteiger partial charge in [0.05, 0.1) is 21.1 Å². The lowest BCUT2D eigenvalue weighted by Gasteiger charge is -2.39. The molecule has 0 fully saturated rings. The zero-order chi connectivity index (χ0) is 39.9. The first-order valence-electron chi connectivity index (χ1n) is 24.4. The first-order valence-corrected chi connectivity index (χ1v) is 24.9. The second-order valence-electron chi connectivity index (χ2n) is 18.5. The van der Waals surface area contributed by atoms with Crippen molar-refractivity contribution in [2.45, 2.75) is 276 Å². The van der Waals surface area contributed by atoms with E-state index in [0.717, 1.165) is 25.7 Å². The molecular formula is C49H98NO3P. The lowest BCUT2D eigenvalue weighted by molar-refractivity contribution is -0.873. The molecule has 0 aromatic carbocycles. The van der Waals surface area contributed by atoms with E-state index < -0.39 is 5.60 Å². The lowest BCUT2D eigenvalue weighted by atomic mass is 9.86. The molecule has 0 bridgehead atoms. The van der Waals surface area contributed by atoms with Crippen molar-refractivity contribution in [2.75, 3.05) is 27.7 Å². The molecule has 0 atom stereocenters. The van der Waals surface area contributed by atoms with Crippen LogP contribution in [0.4, 0.5) is 0 Å². The molecule has 0 aromatic heterocycles. The van der Waals surface area contributed by atoms with Crippen LogP contribution in [-0.2, 0) is 14.1 Å². The number of hydrogen-bond donors (Lipinski definition) is 0. The molecular weight excluding hydrogens is 682 g/mol. The Morgan fingerprint density at radius 1 is 0.370 bits per heavy atom. The van der Waals surface area contributed by atoms with E-state index in [1.54, 1.807) is 0 Å². The lowest BCUT2D eigenvalue weighted by Crippen LogP contribution is -2.58. The quantitative estimate of drug-likeness (QED) is 0.0268. The Hall–Kier alpha value is -0.310. The van der Waals surface area contributed by atoms with Crippen molar-refractivity contribution in [3.8, 4) is 0 Å². The summed E-state index contributed by atoms with van der Waals surface area (Å²) in [6.45, 7) is 4.95. The zero-order valence-corrected chi connectivity index (χ0v) is 38.7. The second kappa shape index (κ2) is 39.5. The predicted molar refractivity (Wildman–Crippen MR) is 241 cm³/mol. The van der Waals surface area contributed by atoms with Crippen molar-refractivity contribution >= 4 is 21.0 Å². The van der Waals surface area contributed by atoms with Gasteiger partial charge < -0.3 is 18.5 Å². The molecule has 322 valence electrons. The van der Waals surface area contributed by atoms with Gasteiger partial charge in [-0.15, -0.1) is 0 Å². The highest BCUT2D eigenvalue weighted by Gasteiger charge is 2.46. The highest BCUT2D eigenvalue weighted by atomic mass is 31.0. The molecule has 0 unspecified atom stereocenters. The van der Waals surface area contributed by atoms with Crippen LogP contribution in [0.15, 0.2) is 0 Å². The van der Waals surface area contributed by atoms with Gasteiger partial charge in [-0.05, 0) is 12.8 Å². The molecule has 0 aromatic rings. The SMILES string of the molecule is CCCCCCCCCCCCCCCCCCCCCC(=O)C(C[N+](C)(C)C)(O[PH-])C(=O)CCCCCCCCCCCCCCCCCCCCC. The average molecular weight is 780 g/mol. The fraction of sp³-hybridized carbons (Fsp3) is 0.959. The molecule has 5 heteroatoms. The van der Waals surface area contributed by atoms with Crippen LogP contribution in [0.3, 0.4) is 0 Å². The highest BCUT2D eigenvalue weighted by Crippen LogP contribution is 2.27. The molecule has 4 nitrogen and oxygen atoms in total. The third kappa shape index (κ3) is 33.8. The summed E-state index contributed by atoms with van der Waals surface area (Å²) in [5.41, 5.74) is -1.38. The van der Waals surface area contributed by atoms with Gasteiger partial charge in [-0.3, -0.25) is 9.59 Å². The largest absolute Gasteiger partial charge is 0.541 e. The van der Waals surface area contributed by atoms with Gasteiger partial charge in [0.15, 0.2) is 11.6 Å². The van der Waals surface area contributed by atoms with Crippen LogP contribution in [0.25, 0.3) is 0 Å². The number of hydrogen-bond acceptors (Lipinski definition) is 3. The van der Waals surface area contributed by atoms with Crippen molar-refractivity contribution < 1.29 is 18.6 Å². The normalized spacial score (nSPS) is 12.2. The van der Waals surface area contributed by atoms with Crippen molar-refractivity contribution in [1.82, 2.24) is 0 Å². The van der Waals surface area contributed by atoms with Crippen LogP contribution < -0.4 is 0 Å². The first-order chi connectivity index (χ1) is 26.2. The summed E-state index contributed by atoms with van der Waals surface area (Å²) in [4.78, 5) is 27.2. The van der Waals surface area contributed by atoms with E-state index in [2.05, 4.69) is 23.3 Å². The standard InChI is InChI=1S/C49H98NO3P/c1-6-8-10-12-14-16-18-20-22-24-26-28-30-32-34-36-38-40-42-44-47(51)49(53-54,46-50(3,4)5)48(52)45-43-41-39-37-35-33-31-29-27-25-23-21-19-17-15-13-11-9-7-2/h54H,6-46H2,1-5H3. The van der Waals surface area contributed by atoms with E-state index >= 15 is 0 Å². The number of likely N-dealkylation sites (N-methyl/N-ethyl adjacent to an activating group) is 1. The molecule has 0 amide bonds. The summed E-state index contributed by atoms with van der Waals surface area (Å²) in [5, 5.41) is 0. The Morgan fingerprint density at radius 2 is 0.556 bits per heavy atom. The molecule has 0 rings (SSSR count). The maximum Gasteiger partial charge on any atom is 0.204 e. The molecule has 54 heavy (non-hydrogen) atoms. The number of Topliss-reactive ketones (excluding diaryl/α,β-unsaturated/α-hetero) is 2. The molecule has 0 N–H and O–H groups in total. The van der Waals surface area contributed by atoms with E-state index in [9.17, 15) is 9.59 Å². The van der Waals surface area contributed by atoms with Crippen LogP contribution in [0.2, 0.25) is 0 Å². The third-order valence-corrected chi connectivity index (χ3v) is 12.1. The summed E-state index contributed by atoms with van der Waals surface area (Å²) >= 11 is 0. The summed E-state index contributed by atoms with van der Waals surface area (Å²) < 4.78 is 6.22. The highest BCUT2D eigenvalue weighted by molar-refractivity contribution is 7.10. The molecule has 0 saturated carbocycles. The Morgan fingerprint density at radius 3 is 0.722 bits per heavy atom. The Bertz CT molecular complexity index is 755. The molecule has 0 saturated heterocycles. The van der Waals surface area contributed by atoms with Crippen molar-refractivity contribution in [3.05, 3.63) is 0 Å². The van der Waals surface area contributed by atoms with Crippen LogP contribution in [-0.4, -0.2) is 49.3 Å². The molecule has 0 aliphatic carbocycles. The molecule has 0 spiro atoms. The molecule has 0 aliphatic rings. The van der Waals surface area contributed by atoms with Crippen LogP contribution in [0.5, 0.6) is 0 Å². The van der Waals surface area contributed by atoms with Gasteiger partial charge in [0.1, 0.15) is 6.54 Å². The molecule has 0 heterocycles. The van der Waals surface area contributed by atoms with E-state index in [0.29, 0.717) is 23.9 Å². The van der Waals surface area contributed by atoms with E-state index in [1.807, 2.05) is 21.1 Å². The fourth-order valence-corrected chi connectivity index (χ4v) is 8.57. The summed E-state index contributed by atoms with van der Waals surface area (Å²) in [6.07, 6.45) is 51.6. The van der Waals surface area contributed by atoms with Crippen LogP contribution in [0, 0.1) is 0 Å². The number of unbranched alkanes of at least 4 members (excludes halogenated alkanes) is 36. The zero-order valence-electron chi connectivity index (χ0n) is 37.7. The number of carbonyl (C=O) groups excluding carboxylic acids is 2. The van der Waals surface area contributed by atoms with Crippen LogP contribution >= 0.6 is 9.47 Å². The minimum absolute atomic E-state index is 0.0414. The summed E-state index contributed by atoms with van der Waals surface area (Å²) in [7, 11) is 9.34. The van der Waals surface area contributed by atoms with Crippen molar-refractivity contribution in [3.63, 3.8) is 0 Å². The van der Waals surface area contributed by atoms with E-state index in [1.165, 1.54) is 218 Å². The second-order valence-corrected chi connectivity index (χ2v) is 18.7. The molecule has 0 aliphatic heterocycles. The summed E-state index contributed by atoms with van der Waals surface area (Å²) in [5.74, 6) is -0.0827. The Balaban J connectivity index is 3.99. The van der Waals surface area contributed by atoms with E-state index in [-0.39, 0.29) is 11.6 Å². The van der Waals surface area contributed by atoms with E-state index in [4.69, 9.17) is 4.52 Å². The van der Waals surface area contributed by atoms with Gasteiger partial charge in [0.2, 0.25) is 5.60 Å². The van der Waals surface area contributed by atoms with Gasteiger partial charge >= 0.3 is 0 Å². The average Bonchev–Trinajstić information content (AvgIpc) is 3.15. The van der Waals surface area contributed by atoms with Gasteiger partial charge in [-0.25, -0.2) is 0 Å². The Labute approximate surface area is 342 Å². The monoisotopic (exact) mass is 780 g/mol. The first kappa shape index (κ1) is 53.7. The number of carbonyl (C=O) groups is 2. The van der Waals surface area contributed by atoms with Gasteiger partial charge in [-0.2, -0.15) is 0 Å². The fourth-order valence-electron chi connectivity index (χ4n) is 8.28. The van der Waals surface area contributed by atoms with Crippen LogP contribution in [0.1, 0.15) is 271 Å². The number of nitrogens with zero attached hydrogens (tertiary/aromatic N) is 1. The Kier molecular flexibility index (Phi) is 39.3. The van der Waals surface area contributed by atoms with Gasteiger partial charge in [0, 0.05) is 12.8 Å². The number of quaternary nitrogens is 1. The molecule has 0 radical (unpaired) electrons. The predicted octanol–water partition coefficient (Wildman–Crippen LogP) is 16.3. The minimum atomic E-state index is -1.38. The topological polar surface area (TPSA) is 43.4 Å². The minimum Gasteiger partial charge on any atom is -0.541 e. The third-order valence-electron chi connectivity index (χ3n) is 11.8. The number of ketones is 2. The maximum absolute atomic E-state index is 13.6. The number of rotatable bonds is 45. The van der Waals surface area contributed by atoms with Gasteiger partial charge in [-0.1, -0.05) is 245 Å². The maximum atomic E-state index is 13.6. The van der Waals surface area contributed by atoms with Crippen molar-refractivity contribution in [1.29, 1.82) is 0 Å². The summed E-state index contributed by atoms with van der Waals surface area (Å²) in [6, 6.07) is 0. The van der Waals surface area contributed by atoms with Gasteiger partial charge in [0.25, 0.3) is 0 Å².